The first-order valence-corrected chi connectivity index (χ1v) is 6.36. The van der Waals surface area contributed by atoms with Gasteiger partial charge in [0.15, 0.2) is 0 Å². The molecule has 0 saturated heterocycles. The number of halogens is 3. The number of alkyl halides is 3. The fourth-order valence-corrected chi connectivity index (χ4v) is 2.14. The monoisotopic (exact) mass is 297 g/mol. The zero-order chi connectivity index (χ0) is 15.6. The zero-order valence-electron chi connectivity index (χ0n) is 11.2. The number of carbonyl (C=O) groups is 1. The van der Waals surface area contributed by atoms with Crippen molar-refractivity contribution in [3.63, 3.8) is 0 Å². The first-order chi connectivity index (χ1) is 9.78. The van der Waals surface area contributed by atoms with E-state index in [1.807, 2.05) is 0 Å². The van der Waals surface area contributed by atoms with Crippen LogP contribution in [0.25, 0.3) is 10.8 Å². The molecule has 0 aliphatic heterocycles. The van der Waals surface area contributed by atoms with E-state index in [0.717, 1.165) is 5.39 Å². The first-order valence-electron chi connectivity index (χ1n) is 6.36. The molecule has 2 rings (SSSR count). The summed E-state index contributed by atoms with van der Waals surface area (Å²) in [6.45, 7) is 1.27. The molecular weight excluding hydrogens is 283 g/mol. The van der Waals surface area contributed by atoms with Crippen LogP contribution in [0.15, 0.2) is 36.4 Å². The Morgan fingerprint density at radius 2 is 1.90 bits per heavy atom. The van der Waals surface area contributed by atoms with Crippen molar-refractivity contribution in [2.24, 2.45) is 0 Å². The lowest BCUT2D eigenvalue weighted by Gasteiger charge is -2.16. The van der Waals surface area contributed by atoms with Gasteiger partial charge in [0, 0.05) is 11.4 Å². The van der Waals surface area contributed by atoms with E-state index in [9.17, 15) is 23.1 Å². The molecule has 2 aromatic rings. The van der Waals surface area contributed by atoms with Gasteiger partial charge in [0.2, 0.25) is 0 Å². The number of hydrogen-bond acceptors (Lipinski definition) is 2. The van der Waals surface area contributed by atoms with Crippen LogP contribution in [0.1, 0.15) is 23.7 Å². The maximum absolute atomic E-state index is 12.2. The number of fused-ring (bicyclic) bond motifs is 1. The Labute approximate surface area is 119 Å². The quantitative estimate of drug-likeness (QED) is 0.909. The van der Waals surface area contributed by atoms with Crippen molar-refractivity contribution in [1.82, 2.24) is 5.32 Å². The average molecular weight is 297 g/mol. The van der Waals surface area contributed by atoms with E-state index in [2.05, 4.69) is 5.32 Å². The summed E-state index contributed by atoms with van der Waals surface area (Å²) in [6.07, 6.45) is -5.47. The molecule has 6 heteroatoms. The molecule has 2 N–H and O–H groups in total. The lowest BCUT2D eigenvalue weighted by atomic mass is 10.0. The van der Waals surface area contributed by atoms with Gasteiger partial charge in [0.05, 0.1) is 12.0 Å². The number of carbonyl (C=O) groups excluding carboxylic acids is 1. The highest BCUT2D eigenvalue weighted by Crippen LogP contribution is 2.29. The van der Waals surface area contributed by atoms with Crippen LogP contribution in [0.5, 0.6) is 5.75 Å². The van der Waals surface area contributed by atoms with Crippen molar-refractivity contribution in [2.45, 2.75) is 25.6 Å². The van der Waals surface area contributed by atoms with E-state index in [1.165, 1.54) is 13.0 Å². The minimum absolute atomic E-state index is 0.0391. The molecule has 3 nitrogen and oxygen atoms in total. The molecule has 112 valence electrons. The summed E-state index contributed by atoms with van der Waals surface area (Å²) in [5.41, 5.74) is -0.0391. The van der Waals surface area contributed by atoms with E-state index in [-0.39, 0.29) is 11.3 Å². The van der Waals surface area contributed by atoms with Crippen molar-refractivity contribution in [3.8, 4) is 5.75 Å². The standard InChI is InChI=1S/C15H14F3NO2/c1-9(8-15(16,17)18)19-14(21)12-7-6-10-4-2-3-5-11(10)13(12)20/h2-7,9,20H,8H2,1H3,(H,19,21). The third-order valence-corrected chi connectivity index (χ3v) is 3.06. The fourth-order valence-electron chi connectivity index (χ4n) is 2.14. The second-order valence-electron chi connectivity index (χ2n) is 4.88. The maximum atomic E-state index is 12.2. The molecule has 0 heterocycles. The molecule has 1 unspecified atom stereocenters. The van der Waals surface area contributed by atoms with Crippen LogP contribution in [-0.2, 0) is 0 Å². The number of aromatic hydroxyl groups is 1. The van der Waals surface area contributed by atoms with Gasteiger partial charge in [0.25, 0.3) is 5.91 Å². The Hall–Kier alpha value is -2.24. The summed E-state index contributed by atoms with van der Waals surface area (Å²) in [6, 6.07) is 8.86. The van der Waals surface area contributed by atoms with Crippen molar-refractivity contribution in [1.29, 1.82) is 0 Å². The van der Waals surface area contributed by atoms with Gasteiger partial charge >= 0.3 is 6.18 Å². The predicted molar refractivity (Wildman–Crippen MR) is 73.2 cm³/mol. The van der Waals surface area contributed by atoms with Gasteiger partial charge in [-0.3, -0.25) is 4.79 Å². The number of rotatable bonds is 3. The van der Waals surface area contributed by atoms with E-state index >= 15 is 0 Å². The summed E-state index contributed by atoms with van der Waals surface area (Å²) < 4.78 is 36.7. The molecule has 0 aliphatic carbocycles. The molecule has 2 aromatic carbocycles. The third kappa shape index (κ3) is 3.65. The van der Waals surface area contributed by atoms with Gasteiger partial charge in [-0.25, -0.2) is 0 Å². The van der Waals surface area contributed by atoms with Crippen LogP contribution in [-0.4, -0.2) is 23.2 Å². The van der Waals surface area contributed by atoms with Crippen molar-refractivity contribution >= 4 is 16.7 Å². The zero-order valence-corrected chi connectivity index (χ0v) is 11.2. The summed E-state index contributed by atoms with van der Waals surface area (Å²) in [4.78, 5) is 12.0. The van der Waals surface area contributed by atoms with Crippen molar-refractivity contribution in [2.75, 3.05) is 0 Å². The van der Waals surface area contributed by atoms with E-state index in [4.69, 9.17) is 0 Å². The molecule has 0 spiro atoms. The number of benzene rings is 2. The lowest BCUT2D eigenvalue weighted by molar-refractivity contribution is -0.138. The highest BCUT2D eigenvalue weighted by atomic mass is 19.4. The van der Waals surface area contributed by atoms with Crippen LogP contribution in [0.3, 0.4) is 0 Å². The van der Waals surface area contributed by atoms with Crippen LogP contribution >= 0.6 is 0 Å². The molecule has 0 radical (unpaired) electrons. The minimum atomic E-state index is -4.35. The van der Waals surface area contributed by atoms with Crippen LogP contribution < -0.4 is 5.32 Å². The largest absolute Gasteiger partial charge is 0.506 e. The second kappa shape index (κ2) is 5.63. The average Bonchev–Trinajstić information content (AvgIpc) is 2.36. The van der Waals surface area contributed by atoms with Crippen molar-refractivity contribution in [3.05, 3.63) is 42.0 Å². The van der Waals surface area contributed by atoms with Gasteiger partial charge in [-0.05, 0) is 18.4 Å². The molecule has 1 atom stereocenters. The van der Waals surface area contributed by atoms with Gasteiger partial charge in [-0.1, -0.05) is 30.3 Å². The van der Waals surface area contributed by atoms with Gasteiger partial charge in [-0.15, -0.1) is 0 Å². The van der Waals surface area contributed by atoms with E-state index in [0.29, 0.717) is 5.39 Å². The summed E-state index contributed by atoms with van der Waals surface area (Å²) in [7, 11) is 0. The Morgan fingerprint density at radius 3 is 2.57 bits per heavy atom. The molecule has 0 bridgehead atoms. The smallest absolute Gasteiger partial charge is 0.391 e. The number of phenolic OH excluding ortho intramolecular Hbond substituents is 1. The van der Waals surface area contributed by atoms with E-state index in [1.54, 1.807) is 30.3 Å². The Kier molecular flexibility index (Phi) is 4.06. The molecule has 21 heavy (non-hydrogen) atoms. The van der Waals surface area contributed by atoms with Crippen LogP contribution in [0.4, 0.5) is 13.2 Å². The Bertz CT molecular complexity index is 668. The third-order valence-electron chi connectivity index (χ3n) is 3.06. The second-order valence-corrected chi connectivity index (χ2v) is 4.88. The first kappa shape index (κ1) is 15.2. The summed E-state index contributed by atoms with van der Waals surface area (Å²) >= 11 is 0. The van der Waals surface area contributed by atoms with Gasteiger partial charge in [-0.2, -0.15) is 13.2 Å². The van der Waals surface area contributed by atoms with E-state index < -0.39 is 24.5 Å². The van der Waals surface area contributed by atoms with Gasteiger partial charge < -0.3 is 10.4 Å². The van der Waals surface area contributed by atoms with Crippen LogP contribution in [0, 0.1) is 0 Å². The normalized spacial score (nSPS) is 13.1. The number of nitrogens with one attached hydrogen (secondary N) is 1. The molecule has 0 fully saturated rings. The summed E-state index contributed by atoms with van der Waals surface area (Å²) in [5, 5.41) is 13.5. The number of hydrogen-bond donors (Lipinski definition) is 2. The molecular formula is C15H14F3NO2. The molecule has 1 amide bonds. The molecule has 0 saturated carbocycles. The highest BCUT2D eigenvalue weighted by molar-refractivity contribution is 6.03. The topological polar surface area (TPSA) is 49.3 Å². The lowest BCUT2D eigenvalue weighted by Crippen LogP contribution is -2.35. The van der Waals surface area contributed by atoms with Crippen LogP contribution in [0.2, 0.25) is 0 Å². The number of amides is 1. The molecule has 0 aliphatic rings. The Balaban J connectivity index is 2.22. The SMILES string of the molecule is CC(CC(F)(F)F)NC(=O)c1ccc2ccccc2c1O. The van der Waals surface area contributed by atoms with Gasteiger partial charge in [0.1, 0.15) is 5.75 Å². The van der Waals surface area contributed by atoms with Crippen molar-refractivity contribution < 1.29 is 23.1 Å². The highest BCUT2D eigenvalue weighted by Gasteiger charge is 2.31. The summed E-state index contributed by atoms with van der Waals surface area (Å²) in [5.74, 6) is -0.959. The Morgan fingerprint density at radius 1 is 1.24 bits per heavy atom. The minimum Gasteiger partial charge on any atom is -0.506 e. The maximum Gasteiger partial charge on any atom is 0.391 e. The molecule has 0 aromatic heterocycles. The number of phenols is 1. The fraction of sp³-hybridized carbons (Fsp3) is 0.267. The predicted octanol–water partition coefficient (Wildman–Crippen LogP) is 3.62.